The molecule has 8 aromatic carbocycles. The Morgan fingerprint density at radius 1 is 0.510 bits per heavy atom. The van der Waals surface area contributed by atoms with Crippen LogP contribution in [0.15, 0.2) is 170 Å². The van der Waals surface area contributed by atoms with Crippen LogP contribution in [0.4, 0.5) is 17.1 Å². The van der Waals surface area contributed by atoms with Gasteiger partial charge in [-0.3, -0.25) is 0 Å². The lowest BCUT2D eigenvalue weighted by Gasteiger charge is -2.41. The van der Waals surface area contributed by atoms with E-state index in [1.54, 1.807) is 0 Å². The highest BCUT2D eigenvalue weighted by atomic mass is 32.1. The summed E-state index contributed by atoms with van der Waals surface area (Å²) in [6.45, 7) is 2.31. The second-order valence-corrected chi connectivity index (χ2v) is 14.9. The predicted molar refractivity (Wildman–Crippen MR) is 217 cm³/mol. The van der Waals surface area contributed by atoms with Crippen LogP contribution < -0.4 is 4.90 Å². The summed E-state index contributed by atoms with van der Waals surface area (Å²) in [5, 5.41) is 5.31. The molecule has 0 radical (unpaired) electrons. The van der Waals surface area contributed by atoms with Gasteiger partial charge in [0, 0.05) is 26.8 Å². The van der Waals surface area contributed by atoms with Crippen LogP contribution in [0.2, 0.25) is 0 Å². The van der Waals surface area contributed by atoms with Crippen molar-refractivity contribution < 1.29 is 0 Å². The summed E-state index contributed by atoms with van der Waals surface area (Å²) < 4.78 is 2.62. The van der Waals surface area contributed by atoms with E-state index in [1.165, 1.54) is 92.4 Å². The number of fused-ring (bicyclic) bond motifs is 12. The molecule has 0 N–H and O–H groups in total. The lowest BCUT2D eigenvalue weighted by atomic mass is 9.60. The van der Waals surface area contributed by atoms with Crippen molar-refractivity contribution in [3.63, 3.8) is 0 Å². The van der Waals surface area contributed by atoms with Gasteiger partial charge in [-0.1, -0.05) is 140 Å². The number of thiophene rings is 1. The van der Waals surface area contributed by atoms with E-state index in [0.29, 0.717) is 0 Å². The first-order valence-corrected chi connectivity index (χ1v) is 18.7. The summed E-state index contributed by atoms with van der Waals surface area (Å²) in [5.41, 5.74) is 15.3. The number of hydrogen-bond acceptors (Lipinski definition) is 2. The molecule has 1 heterocycles. The Hall–Kier alpha value is -5.96. The lowest BCUT2D eigenvalue weighted by molar-refractivity contribution is 0.759. The Morgan fingerprint density at radius 2 is 1.18 bits per heavy atom. The SMILES string of the molecule is CCc1ccc2cccc3c2c1C1(c2ccccc2-c2ccc(N(c4ccccc4)c4cccc5c4sc4ccccc45)cc21)c1ccccc1-3. The fourth-order valence-corrected chi connectivity index (χ4v) is 10.6. The smallest absolute Gasteiger partial charge is 0.0729 e. The van der Waals surface area contributed by atoms with E-state index in [-0.39, 0.29) is 0 Å². The van der Waals surface area contributed by atoms with E-state index >= 15 is 0 Å². The van der Waals surface area contributed by atoms with Crippen molar-refractivity contribution in [2.45, 2.75) is 18.8 Å². The Kier molecular flexibility index (Phi) is 6.09. The summed E-state index contributed by atoms with van der Waals surface area (Å²) in [4.78, 5) is 2.48. The van der Waals surface area contributed by atoms with Crippen molar-refractivity contribution in [2.75, 3.05) is 4.90 Å². The average molecular weight is 668 g/mol. The fraction of sp³-hybridized carbons (Fsp3) is 0.0612. The second kappa shape index (κ2) is 10.8. The van der Waals surface area contributed by atoms with Gasteiger partial charge >= 0.3 is 0 Å². The van der Waals surface area contributed by atoms with Gasteiger partial charge in [-0.2, -0.15) is 0 Å². The molecule has 1 spiro atoms. The third-order valence-electron chi connectivity index (χ3n) is 11.4. The molecule has 1 unspecified atom stereocenters. The molecule has 11 rings (SSSR count). The molecule has 2 aliphatic rings. The fourth-order valence-electron chi connectivity index (χ4n) is 9.43. The summed E-state index contributed by atoms with van der Waals surface area (Å²) in [6.07, 6.45) is 0.963. The average Bonchev–Trinajstić information content (AvgIpc) is 3.72. The van der Waals surface area contributed by atoms with Gasteiger partial charge in [0.1, 0.15) is 0 Å². The molecule has 1 nitrogen and oxygen atoms in total. The monoisotopic (exact) mass is 667 g/mol. The first-order chi connectivity index (χ1) is 25.3. The zero-order chi connectivity index (χ0) is 33.7. The van der Waals surface area contributed by atoms with Crippen LogP contribution in [0.3, 0.4) is 0 Å². The first-order valence-electron chi connectivity index (χ1n) is 17.9. The van der Waals surface area contributed by atoms with Gasteiger partial charge in [-0.25, -0.2) is 0 Å². The number of nitrogens with zero attached hydrogens (tertiary/aromatic N) is 1. The highest BCUT2D eigenvalue weighted by Crippen LogP contribution is 2.63. The van der Waals surface area contributed by atoms with Crippen LogP contribution in [-0.2, 0) is 11.8 Å². The van der Waals surface area contributed by atoms with E-state index in [4.69, 9.17) is 0 Å². The highest BCUT2D eigenvalue weighted by molar-refractivity contribution is 7.26. The van der Waals surface area contributed by atoms with Crippen molar-refractivity contribution in [3.8, 4) is 22.3 Å². The highest BCUT2D eigenvalue weighted by Gasteiger charge is 2.51. The second-order valence-electron chi connectivity index (χ2n) is 13.9. The Bertz CT molecular complexity index is 2860. The van der Waals surface area contributed by atoms with E-state index in [9.17, 15) is 0 Å². The number of anilines is 3. The number of hydrogen-bond donors (Lipinski definition) is 0. The molecule has 2 heteroatoms. The van der Waals surface area contributed by atoms with Crippen LogP contribution in [0.5, 0.6) is 0 Å². The van der Waals surface area contributed by atoms with E-state index < -0.39 is 5.41 Å². The standard InChI is InChI=1S/C49H33NS/c1-2-31-26-27-32-14-12-20-39-36-18-7-10-23-42(36)49(47(31)46(32)39)41-22-9-6-17-35(41)37-29-28-34(30-43(37)49)50(33-15-4-3-5-16-33)44-24-13-21-40-38-19-8-11-25-45(38)51-48(40)44/h3-30H,2H2,1H3. The Labute approximate surface area is 301 Å². The number of aryl methyl sites for hydroxylation is 1. The normalized spacial score (nSPS) is 15.3. The van der Waals surface area contributed by atoms with E-state index in [1.807, 2.05) is 11.3 Å². The molecule has 0 saturated carbocycles. The molecule has 51 heavy (non-hydrogen) atoms. The molecule has 1 atom stereocenters. The van der Waals surface area contributed by atoms with Crippen molar-refractivity contribution in [1.29, 1.82) is 0 Å². The zero-order valence-corrected chi connectivity index (χ0v) is 29.0. The molecule has 240 valence electrons. The van der Waals surface area contributed by atoms with Crippen LogP contribution in [0.1, 0.15) is 34.7 Å². The molecule has 0 amide bonds. The number of para-hydroxylation sites is 1. The Morgan fingerprint density at radius 3 is 2.00 bits per heavy atom. The summed E-state index contributed by atoms with van der Waals surface area (Å²) in [6, 6.07) is 63.7. The molecular formula is C49H33NS. The van der Waals surface area contributed by atoms with Gasteiger partial charge in [0.25, 0.3) is 0 Å². The third-order valence-corrected chi connectivity index (χ3v) is 12.6. The van der Waals surface area contributed by atoms with Crippen molar-refractivity contribution in [3.05, 3.63) is 198 Å². The zero-order valence-electron chi connectivity index (χ0n) is 28.2. The molecule has 0 saturated heterocycles. The van der Waals surface area contributed by atoms with Crippen molar-refractivity contribution in [2.24, 2.45) is 0 Å². The van der Waals surface area contributed by atoms with E-state index in [2.05, 4.69) is 182 Å². The summed E-state index contributed by atoms with van der Waals surface area (Å²) in [5.74, 6) is 0. The maximum absolute atomic E-state index is 2.53. The van der Waals surface area contributed by atoms with Crippen molar-refractivity contribution in [1.82, 2.24) is 0 Å². The molecule has 1 aromatic heterocycles. The maximum Gasteiger partial charge on any atom is 0.0729 e. The van der Waals surface area contributed by atoms with Gasteiger partial charge in [-0.05, 0) is 104 Å². The minimum absolute atomic E-state index is 0.469. The van der Waals surface area contributed by atoms with Gasteiger partial charge in [-0.15, -0.1) is 11.3 Å². The Balaban J connectivity index is 1.27. The molecule has 0 bridgehead atoms. The molecule has 2 aliphatic carbocycles. The summed E-state index contributed by atoms with van der Waals surface area (Å²) >= 11 is 1.89. The minimum atomic E-state index is -0.469. The van der Waals surface area contributed by atoms with Crippen LogP contribution in [-0.4, -0.2) is 0 Å². The quantitative estimate of drug-likeness (QED) is 0.181. The third kappa shape index (κ3) is 3.80. The summed E-state index contributed by atoms with van der Waals surface area (Å²) in [7, 11) is 0. The van der Waals surface area contributed by atoms with Crippen molar-refractivity contribution >= 4 is 59.3 Å². The van der Waals surface area contributed by atoms with Crippen LogP contribution in [0.25, 0.3) is 53.2 Å². The molecular weight excluding hydrogens is 635 g/mol. The number of rotatable bonds is 4. The maximum atomic E-state index is 2.53. The molecule has 0 aliphatic heterocycles. The van der Waals surface area contributed by atoms with Crippen LogP contribution >= 0.6 is 11.3 Å². The van der Waals surface area contributed by atoms with E-state index in [0.717, 1.165) is 12.1 Å². The molecule has 9 aromatic rings. The largest absolute Gasteiger partial charge is 0.309 e. The topological polar surface area (TPSA) is 3.24 Å². The number of benzene rings is 8. The van der Waals surface area contributed by atoms with Gasteiger partial charge in [0.2, 0.25) is 0 Å². The first kappa shape index (κ1) is 28.8. The van der Waals surface area contributed by atoms with Gasteiger partial charge in [0.15, 0.2) is 0 Å². The van der Waals surface area contributed by atoms with Gasteiger partial charge in [0.05, 0.1) is 15.8 Å². The minimum Gasteiger partial charge on any atom is -0.309 e. The van der Waals surface area contributed by atoms with Gasteiger partial charge < -0.3 is 4.90 Å². The lowest BCUT2D eigenvalue weighted by Crippen LogP contribution is -2.33. The predicted octanol–water partition coefficient (Wildman–Crippen LogP) is 13.6. The van der Waals surface area contributed by atoms with Crippen LogP contribution in [0, 0.1) is 0 Å². The molecule has 0 fully saturated rings.